The molecule has 0 fully saturated rings. The first-order valence-electron chi connectivity index (χ1n) is 5.58. The largest absolute Gasteiger partial charge is 0.465 e. The number of carbonyl (C=O) groups excluding carboxylic acids is 1. The molecule has 4 heteroatoms. The minimum absolute atomic E-state index is 0.00752. The molecular formula is C12H21O3P. The molecule has 0 aliphatic rings. The van der Waals surface area contributed by atoms with Gasteiger partial charge in [0.15, 0.2) is 8.46 Å². The minimum atomic E-state index is -0.564. The van der Waals surface area contributed by atoms with Gasteiger partial charge in [-0.15, -0.1) is 0 Å². The van der Waals surface area contributed by atoms with Crippen LogP contribution in [-0.2, 0) is 14.1 Å². The summed E-state index contributed by atoms with van der Waals surface area (Å²) in [4.78, 5) is 11.6. The summed E-state index contributed by atoms with van der Waals surface area (Å²) in [7, 11) is -0.159. The van der Waals surface area contributed by atoms with Gasteiger partial charge in [-0.05, 0) is 32.6 Å². The predicted molar refractivity (Wildman–Crippen MR) is 65.8 cm³/mol. The van der Waals surface area contributed by atoms with Crippen molar-refractivity contribution in [2.24, 2.45) is 11.8 Å². The second kappa shape index (κ2) is 7.56. The second-order valence-electron chi connectivity index (χ2n) is 4.26. The molecule has 0 rings (SSSR count). The van der Waals surface area contributed by atoms with E-state index >= 15 is 0 Å². The van der Waals surface area contributed by atoms with Crippen molar-refractivity contribution in [3.05, 3.63) is 11.6 Å². The fraction of sp³-hybridized carbons (Fsp3) is 0.750. The highest BCUT2D eigenvalue weighted by molar-refractivity contribution is 7.26. The summed E-state index contributed by atoms with van der Waals surface area (Å²) in [6.07, 6.45) is 2.09. The molecule has 0 saturated heterocycles. The van der Waals surface area contributed by atoms with Crippen molar-refractivity contribution in [3.8, 4) is 0 Å². The van der Waals surface area contributed by atoms with E-state index in [0.29, 0.717) is 6.61 Å². The molecule has 16 heavy (non-hydrogen) atoms. The highest BCUT2D eigenvalue weighted by Crippen LogP contribution is 2.27. The number of ether oxygens (including phenoxy) is 1. The van der Waals surface area contributed by atoms with Gasteiger partial charge in [-0.25, -0.2) is 0 Å². The summed E-state index contributed by atoms with van der Waals surface area (Å²) in [5, 5.41) is 0. The molecule has 3 nitrogen and oxygen atoms in total. The normalized spacial score (nSPS) is 16.3. The topological polar surface area (TPSA) is 43.4 Å². The molecule has 0 amide bonds. The molecule has 0 aromatic heterocycles. The lowest BCUT2D eigenvalue weighted by atomic mass is 9.91. The summed E-state index contributed by atoms with van der Waals surface area (Å²) in [5.74, 6) is -0.158. The van der Waals surface area contributed by atoms with Crippen LogP contribution >= 0.6 is 8.46 Å². The summed E-state index contributed by atoms with van der Waals surface area (Å²) >= 11 is 0. The Morgan fingerprint density at radius 2 is 1.94 bits per heavy atom. The Morgan fingerprint density at radius 1 is 1.38 bits per heavy atom. The predicted octanol–water partition coefficient (Wildman–Crippen LogP) is 3.45. The molecule has 0 aliphatic heterocycles. The first kappa shape index (κ1) is 15.3. The van der Waals surface area contributed by atoms with Gasteiger partial charge in [-0.1, -0.05) is 25.5 Å². The fourth-order valence-corrected chi connectivity index (χ4v) is 2.17. The minimum Gasteiger partial charge on any atom is -0.465 e. The summed E-state index contributed by atoms with van der Waals surface area (Å²) in [5.41, 5.74) is 0.634. The maximum absolute atomic E-state index is 11.6. The monoisotopic (exact) mass is 244 g/mol. The van der Waals surface area contributed by atoms with Crippen LogP contribution in [0.3, 0.4) is 0 Å². The highest BCUT2D eigenvalue weighted by atomic mass is 31.1. The first-order valence-corrected chi connectivity index (χ1v) is 6.46. The molecule has 0 heterocycles. The number of carbonyl (C=O) groups is 1. The first-order chi connectivity index (χ1) is 7.43. The van der Waals surface area contributed by atoms with Crippen molar-refractivity contribution in [1.82, 2.24) is 0 Å². The van der Waals surface area contributed by atoms with Crippen LogP contribution in [0.1, 0.15) is 34.6 Å². The lowest BCUT2D eigenvalue weighted by Crippen LogP contribution is -2.28. The highest BCUT2D eigenvalue weighted by Gasteiger charge is 2.29. The van der Waals surface area contributed by atoms with E-state index in [1.54, 1.807) is 6.92 Å². The Morgan fingerprint density at radius 3 is 2.31 bits per heavy atom. The van der Waals surface area contributed by atoms with Gasteiger partial charge < -0.3 is 4.74 Å². The van der Waals surface area contributed by atoms with Gasteiger partial charge in [0.2, 0.25) is 0 Å². The summed E-state index contributed by atoms with van der Waals surface area (Å²) < 4.78 is 15.9. The Hall–Kier alpha value is -0.690. The van der Waals surface area contributed by atoms with Gasteiger partial charge in [0.1, 0.15) is 5.66 Å². The zero-order chi connectivity index (χ0) is 12.7. The van der Waals surface area contributed by atoms with Gasteiger partial charge in [0, 0.05) is 0 Å². The van der Waals surface area contributed by atoms with Crippen LogP contribution in [0.25, 0.3) is 0 Å². The van der Waals surface area contributed by atoms with Crippen LogP contribution in [-0.4, -0.2) is 18.2 Å². The molecular weight excluding hydrogens is 223 g/mol. The van der Waals surface area contributed by atoms with Crippen LogP contribution in [0.2, 0.25) is 0 Å². The average molecular weight is 244 g/mol. The molecule has 0 aromatic carbocycles. The molecule has 0 aromatic rings. The van der Waals surface area contributed by atoms with Crippen LogP contribution < -0.4 is 0 Å². The zero-order valence-corrected chi connectivity index (χ0v) is 11.6. The van der Waals surface area contributed by atoms with E-state index in [9.17, 15) is 9.36 Å². The Bertz CT molecular complexity index is 269. The van der Waals surface area contributed by atoms with Gasteiger partial charge in [-0.3, -0.25) is 9.36 Å². The maximum atomic E-state index is 11.6. The summed E-state index contributed by atoms with van der Waals surface area (Å²) in [6, 6.07) is 0. The number of hydrogen-bond donors (Lipinski definition) is 0. The molecule has 0 bridgehead atoms. The second-order valence-corrected chi connectivity index (χ2v) is 5.03. The van der Waals surface area contributed by atoms with E-state index in [-0.39, 0.29) is 26.3 Å². The van der Waals surface area contributed by atoms with Gasteiger partial charge >= 0.3 is 5.97 Å². The summed E-state index contributed by atoms with van der Waals surface area (Å²) in [6.45, 7) is 10.1. The van der Waals surface area contributed by atoms with E-state index in [2.05, 4.69) is 6.08 Å². The van der Waals surface area contributed by atoms with Crippen LogP contribution in [0, 0.1) is 11.8 Å². The maximum Gasteiger partial charge on any atom is 0.320 e. The van der Waals surface area contributed by atoms with Gasteiger partial charge in [-0.2, -0.15) is 0 Å². The van der Waals surface area contributed by atoms with Crippen molar-refractivity contribution in [2.75, 3.05) is 6.61 Å². The van der Waals surface area contributed by atoms with Crippen molar-refractivity contribution in [2.45, 2.75) is 40.3 Å². The number of esters is 1. The molecule has 3 atom stereocenters. The molecule has 0 spiro atoms. The third kappa shape index (κ3) is 4.89. The SMILES string of the molecule is CCOC(=O)C(P=O)C(C)C(C)C=C(C)C. The van der Waals surface area contributed by atoms with Crippen molar-refractivity contribution >= 4 is 14.4 Å². The molecule has 0 saturated carbocycles. The average Bonchev–Trinajstić information content (AvgIpc) is 2.17. The lowest BCUT2D eigenvalue weighted by Gasteiger charge is -2.21. The van der Waals surface area contributed by atoms with E-state index in [0.717, 1.165) is 0 Å². The van der Waals surface area contributed by atoms with E-state index < -0.39 is 5.66 Å². The zero-order valence-electron chi connectivity index (χ0n) is 10.7. The lowest BCUT2D eigenvalue weighted by molar-refractivity contribution is -0.143. The van der Waals surface area contributed by atoms with Crippen molar-refractivity contribution < 1.29 is 14.1 Å². The molecule has 3 unspecified atom stereocenters. The Balaban J connectivity index is 4.64. The third-order valence-electron chi connectivity index (χ3n) is 2.57. The molecule has 0 N–H and O–H groups in total. The molecule has 0 aliphatic carbocycles. The van der Waals surface area contributed by atoms with Crippen molar-refractivity contribution in [3.63, 3.8) is 0 Å². The standard InChI is InChI=1S/C12H21O3P/c1-6-15-12(13)11(16-14)10(5)9(4)7-8(2)3/h7,9-11H,6H2,1-5H3. The molecule has 92 valence electrons. The van der Waals surface area contributed by atoms with Crippen LogP contribution in [0.15, 0.2) is 11.6 Å². The van der Waals surface area contributed by atoms with Crippen LogP contribution in [0.4, 0.5) is 0 Å². The van der Waals surface area contributed by atoms with E-state index in [1.165, 1.54) is 5.57 Å². The number of hydrogen-bond acceptors (Lipinski definition) is 3. The van der Waals surface area contributed by atoms with Crippen molar-refractivity contribution in [1.29, 1.82) is 0 Å². The number of rotatable bonds is 6. The quantitative estimate of drug-likeness (QED) is 0.408. The van der Waals surface area contributed by atoms with Gasteiger partial charge in [0.05, 0.1) is 6.61 Å². The Kier molecular flexibility index (Phi) is 7.24. The van der Waals surface area contributed by atoms with Crippen LogP contribution in [0.5, 0.6) is 0 Å². The van der Waals surface area contributed by atoms with E-state index in [1.807, 2.05) is 27.7 Å². The Labute approximate surface area is 99.5 Å². The number of allylic oxidation sites excluding steroid dienone is 2. The molecule has 0 radical (unpaired) electrons. The third-order valence-corrected chi connectivity index (χ3v) is 3.47. The van der Waals surface area contributed by atoms with E-state index in [4.69, 9.17) is 4.74 Å². The smallest absolute Gasteiger partial charge is 0.320 e. The van der Waals surface area contributed by atoms with Gasteiger partial charge in [0.25, 0.3) is 0 Å². The fourth-order valence-electron chi connectivity index (χ4n) is 1.55.